The summed E-state index contributed by atoms with van der Waals surface area (Å²) in [4.78, 5) is 8.20. The lowest BCUT2D eigenvalue weighted by Crippen LogP contribution is -1.98. The number of aliphatic hydroxyl groups is 2. The molecule has 0 aliphatic carbocycles. The van der Waals surface area contributed by atoms with Crippen molar-refractivity contribution >= 4 is 0 Å². The molecule has 1 aromatic carbocycles. The standard InChI is InChI=1S/C14H16N2O3/c1-10-12(9-18)8-15-14(16-10)19-13-4-2-11(3-5-13)6-7-17/h2-5,8,17-18H,6-7,9H2,1H3. The van der Waals surface area contributed by atoms with Gasteiger partial charge < -0.3 is 14.9 Å². The van der Waals surface area contributed by atoms with E-state index in [1.807, 2.05) is 24.3 Å². The predicted octanol–water partition coefficient (Wildman–Crippen LogP) is 1.60. The zero-order valence-electron chi connectivity index (χ0n) is 10.7. The normalized spacial score (nSPS) is 10.5. The van der Waals surface area contributed by atoms with Crippen LogP contribution < -0.4 is 4.74 Å². The monoisotopic (exact) mass is 260 g/mol. The fourth-order valence-electron chi connectivity index (χ4n) is 1.63. The molecule has 5 nitrogen and oxygen atoms in total. The van der Waals surface area contributed by atoms with Gasteiger partial charge >= 0.3 is 6.01 Å². The lowest BCUT2D eigenvalue weighted by Gasteiger charge is -2.07. The summed E-state index contributed by atoms with van der Waals surface area (Å²) >= 11 is 0. The SMILES string of the molecule is Cc1nc(Oc2ccc(CCO)cc2)ncc1CO. The topological polar surface area (TPSA) is 75.5 Å². The van der Waals surface area contributed by atoms with E-state index in [9.17, 15) is 0 Å². The minimum Gasteiger partial charge on any atom is -0.424 e. The number of benzene rings is 1. The summed E-state index contributed by atoms with van der Waals surface area (Å²) < 4.78 is 5.53. The van der Waals surface area contributed by atoms with Crippen LogP contribution in [0, 0.1) is 6.92 Å². The number of rotatable bonds is 5. The molecular formula is C14H16N2O3. The first kappa shape index (κ1) is 13.5. The number of aromatic nitrogens is 2. The summed E-state index contributed by atoms with van der Waals surface area (Å²) in [6.45, 7) is 1.84. The Morgan fingerprint density at radius 3 is 2.47 bits per heavy atom. The average molecular weight is 260 g/mol. The van der Waals surface area contributed by atoms with Crippen molar-refractivity contribution in [1.29, 1.82) is 0 Å². The fourth-order valence-corrected chi connectivity index (χ4v) is 1.63. The van der Waals surface area contributed by atoms with Crippen LogP contribution in [-0.4, -0.2) is 26.8 Å². The Morgan fingerprint density at radius 2 is 1.89 bits per heavy atom. The lowest BCUT2D eigenvalue weighted by molar-refractivity contribution is 0.279. The molecule has 0 spiro atoms. The third-order valence-electron chi connectivity index (χ3n) is 2.76. The van der Waals surface area contributed by atoms with Gasteiger partial charge in [-0.15, -0.1) is 0 Å². The minimum absolute atomic E-state index is 0.0814. The van der Waals surface area contributed by atoms with E-state index in [1.165, 1.54) is 0 Å². The van der Waals surface area contributed by atoms with E-state index in [-0.39, 0.29) is 19.2 Å². The van der Waals surface area contributed by atoms with Crippen LogP contribution in [-0.2, 0) is 13.0 Å². The molecule has 0 saturated heterocycles. The number of nitrogens with zero attached hydrogens (tertiary/aromatic N) is 2. The third-order valence-corrected chi connectivity index (χ3v) is 2.76. The first-order valence-electron chi connectivity index (χ1n) is 6.04. The van der Waals surface area contributed by atoms with Crippen LogP contribution in [0.3, 0.4) is 0 Å². The maximum Gasteiger partial charge on any atom is 0.322 e. The Bertz CT molecular complexity index is 541. The van der Waals surface area contributed by atoms with E-state index >= 15 is 0 Å². The van der Waals surface area contributed by atoms with Gasteiger partial charge in [-0.2, -0.15) is 4.98 Å². The molecule has 0 bridgehead atoms. The van der Waals surface area contributed by atoms with Crippen LogP contribution in [0.1, 0.15) is 16.8 Å². The summed E-state index contributed by atoms with van der Waals surface area (Å²) in [5.41, 5.74) is 2.43. The molecule has 0 saturated carbocycles. The highest BCUT2D eigenvalue weighted by Crippen LogP contribution is 2.19. The summed E-state index contributed by atoms with van der Waals surface area (Å²) in [6.07, 6.45) is 2.18. The van der Waals surface area contributed by atoms with Gasteiger partial charge in [0.2, 0.25) is 0 Å². The predicted molar refractivity (Wildman–Crippen MR) is 70.0 cm³/mol. The number of ether oxygens (including phenoxy) is 1. The zero-order valence-corrected chi connectivity index (χ0v) is 10.7. The fraction of sp³-hybridized carbons (Fsp3) is 0.286. The molecule has 1 heterocycles. The van der Waals surface area contributed by atoms with E-state index in [2.05, 4.69) is 9.97 Å². The third kappa shape index (κ3) is 3.49. The second kappa shape index (κ2) is 6.26. The molecule has 5 heteroatoms. The Morgan fingerprint density at radius 1 is 1.16 bits per heavy atom. The van der Waals surface area contributed by atoms with Gasteiger partial charge in [-0.3, -0.25) is 0 Å². The van der Waals surface area contributed by atoms with Crippen LogP contribution in [0.5, 0.6) is 11.8 Å². The number of hydrogen-bond donors (Lipinski definition) is 2. The molecule has 100 valence electrons. The number of aliphatic hydroxyl groups excluding tert-OH is 2. The van der Waals surface area contributed by atoms with E-state index in [1.54, 1.807) is 13.1 Å². The van der Waals surface area contributed by atoms with Crippen molar-refractivity contribution in [2.75, 3.05) is 6.61 Å². The zero-order chi connectivity index (χ0) is 13.7. The largest absolute Gasteiger partial charge is 0.424 e. The van der Waals surface area contributed by atoms with Gasteiger partial charge in [-0.25, -0.2) is 4.98 Å². The Balaban J connectivity index is 2.10. The summed E-state index contributed by atoms with van der Waals surface area (Å²) in [5, 5.41) is 17.9. The van der Waals surface area contributed by atoms with Crippen LogP contribution in [0.4, 0.5) is 0 Å². The molecule has 0 fully saturated rings. The van der Waals surface area contributed by atoms with Gasteiger partial charge in [0.15, 0.2) is 0 Å². The highest BCUT2D eigenvalue weighted by Gasteiger charge is 2.04. The Hall–Kier alpha value is -1.98. The van der Waals surface area contributed by atoms with E-state index in [4.69, 9.17) is 14.9 Å². The van der Waals surface area contributed by atoms with Gasteiger partial charge in [0.1, 0.15) is 5.75 Å². The first-order chi connectivity index (χ1) is 9.22. The van der Waals surface area contributed by atoms with Crippen molar-refractivity contribution in [1.82, 2.24) is 9.97 Å². The van der Waals surface area contributed by atoms with Gasteiger partial charge in [0.05, 0.1) is 12.3 Å². The lowest BCUT2D eigenvalue weighted by atomic mass is 10.1. The summed E-state index contributed by atoms with van der Waals surface area (Å²) in [6, 6.07) is 7.65. The molecule has 0 aliphatic rings. The van der Waals surface area contributed by atoms with Gasteiger partial charge in [0.25, 0.3) is 0 Å². The molecule has 2 aromatic rings. The van der Waals surface area contributed by atoms with Gasteiger partial charge in [-0.1, -0.05) is 12.1 Å². The quantitative estimate of drug-likeness (QED) is 0.854. The Kier molecular flexibility index (Phi) is 4.43. The van der Waals surface area contributed by atoms with Crippen LogP contribution in [0.2, 0.25) is 0 Å². The molecule has 0 amide bonds. The van der Waals surface area contributed by atoms with Crippen molar-refractivity contribution in [2.24, 2.45) is 0 Å². The molecule has 2 N–H and O–H groups in total. The highest BCUT2D eigenvalue weighted by molar-refractivity contribution is 5.29. The van der Waals surface area contributed by atoms with Crippen LogP contribution >= 0.6 is 0 Å². The van der Waals surface area contributed by atoms with Crippen molar-refractivity contribution in [2.45, 2.75) is 20.0 Å². The van der Waals surface area contributed by atoms with Gasteiger partial charge in [0, 0.05) is 18.4 Å². The minimum atomic E-state index is -0.0814. The van der Waals surface area contributed by atoms with Crippen molar-refractivity contribution < 1.29 is 14.9 Å². The van der Waals surface area contributed by atoms with Gasteiger partial charge in [-0.05, 0) is 31.0 Å². The summed E-state index contributed by atoms with van der Waals surface area (Å²) in [5.74, 6) is 0.637. The first-order valence-corrected chi connectivity index (χ1v) is 6.04. The summed E-state index contributed by atoms with van der Waals surface area (Å²) in [7, 11) is 0. The van der Waals surface area contributed by atoms with E-state index in [0.29, 0.717) is 23.4 Å². The highest BCUT2D eigenvalue weighted by atomic mass is 16.5. The molecule has 2 rings (SSSR count). The smallest absolute Gasteiger partial charge is 0.322 e. The van der Waals surface area contributed by atoms with Crippen molar-refractivity contribution in [3.05, 3.63) is 47.3 Å². The average Bonchev–Trinajstić information content (AvgIpc) is 2.42. The maximum absolute atomic E-state index is 9.04. The molecule has 1 aromatic heterocycles. The molecule has 19 heavy (non-hydrogen) atoms. The van der Waals surface area contributed by atoms with E-state index < -0.39 is 0 Å². The molecule has 0 aliphatic heterocycles. The molecular weight excluding hydrogens is 244 g/mol. The van der Waals surface area contributed by atoms with E-state index in [0.717, 1.165) is 5.56 Å². The molecule has 0 unspecified atom stereocenters. The number of aryl methyl sites for hydroxylation is 1. The Labute approximate surface area is 111 Å². The molecule has 0 atom stereocenters. The second-order valence-corrected chi connectivity index (χ2v) is 4.14. The maximum atomic E-state index is 9.04. The number of hydrogen-bond acceptors (Lipinski definition) is 5. The van der Waals surface area contributed by atoms with Crippen LogP contribution in [0.25, 0.3) is 0 Å². The van der Waals surface area contributed by atoms with Crippen molar-refractivity contribution in [3.8, 4) is 11.8 Å². The van der Waals surface area contributed by atoms with Crippen molar-refractivity contribution in [3.63, 3.8) is 0 Å². The van der Waals surface area contributed by atoms with Crippen LogP contribution in [0.15, 0.2) is 30.5 Å². The molecule has 0 radical (unpaired) electrons. The second-order valence-electron chi connectivity index (χ2n) is 4.14.